The minimum atomic E-state index is 0.272. The van der Waals surface area contributed by atoms with Crippen LogP contribution in [0.1, 0.15) is 16.5 Å². The third-order valence-corrected chi connectivity index (χ3v) is 4.66. The molecule has 2 aromatic heterocycles. The van der Waals surface area contributed by atoms with Gasteiger partial charge in [-0.2, -0.15) is 0 Å². The van der Waals surface area contributed by atoms with Crippen LogP contribution in [-0.2, 0) is 0 Å². The number of hydrogen-bond acceptors (Lipinski definition) is 4. The van der Waals surface area contributed by atoms with Gasteiger partial charge in [0.2, 0.25) is 0 Å². The molecule has 0 amide bonds. The molecule has 3 rings (SSSR count). The predicted molar refractivity (Wildman–Crippen MR) is 79.9 cm³/mol. The molecule has 1 atom stereocenters. The molecule has 0 aromatic carbocycles. The number of aromatic nitrogens is 1. The van der Waals surface area contributed by atoms with Gasteiger partial charge in [-0.15, -0.1) is 11.3 Å². The van der Waals surface area contributed by atoms with E-state index < -0.39 is 0 Å². The molecule has 0 bridgehead atoms. The van der Waals surface area contributed by atoms with E-state index in [0.717, 1.165) is 30.5 Å². The van der Waals surface area contributed by atoms with Crippen LogP contribution in [-0.4, -0.2) is 36.1 Å². The maximum atomic E-state index is 6.10. The van der Waals surface area contributed by atoms with E-state index in [9.17, 15) is 0 Å². The number of nitrogens with one attached hydrogen (secondary N) is 1. The topological polar surface area (TPSA) is 28.2 Å². The van der Waals surface area contributed by atoms with Gasteiger partial charge >= 0.3 is 0 Å². The quantitative estimate of drug-likeness (QED) is 0.943. The van der Waals surface area contributed by atoms with Crippen molar-refractivity contribution in [1.29, 1.82) is 0 Å². The molecule has 19 heavy (non-hydrogen) atoms. The van der Waals surface area contributed by atoms with Gasteiger partial charge in [0.1, 0.15) is 0 Å². The highest BCUT2D eigenvalue weighted by atomic mass is 35.5. The van der Waals surface area contributed by atoms with E-state index in [0.29, 0.717) is 0 Å². The van der Waals surface area contributed by atoms with E-state index in [2.05, 4.69) is 27.3 Å². The summed E-state index contributed by atoms with van der Waals surface area (Å²) in [6, 6.07) is 8.53. The van der Waals surface area contributed by atoms with Crippen LogP contribution in [0.25, 0.3) is 0 Å². The van der Waals surface area contributed by atoms with Crippen molar-refractivity contribution >= 4 is 22.9 Å². The van der Waals surface area contributed by atoms with Crippen LogP contribution in [0.3, 0.4) is 0 Å². The predicted octanol–water partition coefficient (Wildman–Crippen LogP) is 2.79. The van der Waals surface area contributed by atoms with Crippen molar-refractivity contribution in [3.8, 4) is 0 Å². The summed E-state index contributed by atoms with van der Waals surface area (Å²) in [5.41, 5.74) is 1.24. The zero-order valence-corrected chi connectivity index (χ0v) is 12.1. The van der Waals surface area contributed by atoms with Crippen LogP contribution < -0.4 is 5.32 Å². The van der Waals surface area contributed by atoms with Crippen LogP contribution in [0.5, 0.6) is 0 Å². The summed E-state index contributed by atoms with van der Waals surface area (Å²) in [6.45, 7) is 4.18. The first kappa shape index (κ1) is 13.1. The molecule has 1 unspecified atom stereocenters. The average Bonchev–Trinajstić information content (AvgIpc) is 2.88. The van der Waals surface area contributed by atoms with E-state index in [4.69, 9.17) is 11.6 Å². The first-order chi connectivity index (χ1) is 9.34. The van der Waals surface area contributed by atoms with E-state index in [1.165, 1.54) is 10.4 Å². The number of thiophene rings is 1. The van der Waals surface area contributed by atoms with Gasteiger partial charge in [0.25, 0.3) is 0 Å². The van der Waals surface area contributed by atoms with Gasteiger partial charge in [-0.05, 0) is 23.8 Å². The number of hydrogen-bond donors (Lipinski definition) is 1. The van der Waals surface area contributed by atoms with Crippen molar-refractivity contribution in [1.82, 2.24) is 15.2 Å². The smallest absolute Gasteiger partial charge is 0.0931 e. The molecule has 1 N–H and O–H groups in total. The fourth-order valence-electron chi connectivity index (χ4n) is 2.51. The molecule has 0 radical (unpaired) electrons. The van der Waals surface area contributed by atoms with Gasteiger partial charge in [0, 0.05) is 43.4 Å². The van der Waals surface area contributed by atoms with Crippen LogP contribution >= 0.6 is 22.9 Å². The molecule has 1 saturated heterocycles. The number of rotatable bonds is 3. The zero-order chi connectivity index (χ0) is 13.1. The van der Waals surface area contributed by atoms with Crippen LogP contribution in [0.2, 0.25) is 4.34 Å². The Labute approximate surface area is 122 Å². The number of halogens is 1. The van der Waals surface area contributed by atoms with Gasteiger partial charge in [0.05, 0.1) is 10.4 Å². The third kappa shape index (κ3) is 2.98. The van der Waals surface area contributed by atoms with Gasteiger partial charge in [-0.25, -0.2) is 0 Å². The second-order valence-electron chi connectivity index (χ2n) is 4.62. The lowest BCUT2D eigenvalue weighted by Gasteiger charge is -2.34. The lowest BCUT2D eigenvalue weighted by Crippen LogP contribution is -2.45. The van der Waals surface area contributed by atoms with Crippen molar-refractivity contribution in [3.05, 3.63) is 51.4 Å². The summed E-state index contributed by atoms with van der Waals surface area (Å²) < 4.78 is 0.846. The Kier molecular flexibility index (Phi) is 4.13. The Morgan fingerprint density at radius 1 is 1.26 bits per heavy atom. The lowest BCUT2D eigenvalue weighted by atomic mass is 10.0. The summed E-state index contributed by atoms with van der Waals surface area (Å²) in [5.74, 6) is 0. The molecule has 5 heteroatoms. The van der Waals surface area contributed by atoms with E-state index in [1.54, 1.807) is 11.3 Å². The van der Waals surface area contributed by atoms with Crippen molar-refractivity contribution in [3.63, 3.8) is 0 Å². The molecule has 3 nitrogen and oxygen atoms in total. The molecule has 1 fully saturated rings. The Balaban J connectivity index is 1.95. The summed E-state index contributed by atoms with van der Waals surface area (Å²) in [5, 5.41) is 3.40. The normalized spacial score (nSPS) is 18.4. The zero-order valence-electron chi connectivity index (χ0n) is 10.6. The van der Waals surface area contributed by atoms with Crippen molar-refractivity contribution in [2.75, 3.05) is 26.2 Å². The monoisotopic (exact) mass is 293 g/mol. The van der Waals surface area contributed by atoms with E-state index in [-0.39, 0.29) is 6.04 Å². The largest absolute Gasteiger partial charge is 0.314 e. The number of nitrogens with zero attached hydrogens (tertiary/aromatic N) is 2. The number of piperazine rings is 1. The second kappa shape index (κ2) is 6.01. The Morgan fingerprint density at radius 3 is 2.74 bits per heavy atom. The summed E-state index contributed by atoms with van der Waals surface area (Å²) in [4.78, 5) is 8.05. The summed E-state index contributed by atoms with van der Waals surface area (Å²) in [7, 11) is 0. The molecule has 3 heterocycles. The van der Waals surface area contributed by atoms with Crippen molar-refractivity contribution in [2.45, 2.75) is 6.04 Å². The maximum absolute atomic E-state index is 6.10. The molecule has 100 valence electrons. The third-order valence-electron chi connectivity index (χ3n) is 3.38. The molecule has 2 aromatic rings. The molecule has 1 aliphatic heterocycles. The maximum Gasteiger partial charge on any atom is 0.0931 e. The highest BCUT2D eigenvalue weighted by Gasteiger charge is 2.25. The van der Waals surface area contributed by atoms with Crippen LogP contribution in [0.4, 0.5) is 0 Å². The molecule has 0 spiro atoms. The average molecular weight is 294 g/mol. The Morgan fingerprint density at radius 2 is 2.11 bits per heavy atom. The standard InChI is InChI=1S/C14H16ClN3S/c15-13-4-3-12(19-13)14(11-2-1-5-17-10-11)18-8-6-16-7-9-18/h1-5,10,14,16H,6-9H2. The Hall–Kier alpha value is -0.940. The Bertz CT molecular complexity index is 522. The van der Waals surface area contributed by atoms with Crippen molar-refractivity contribution < 1.29 is 0 Å². The minimum absolute atomic E-state index is 0.272. The van der Waals surface area contributed by atoms with Crippen molar-refractivity contribution in [2.24, 2.45) is 0 Å². The SMILES string of the molecule is Clc1ccc(C(c2cccnc2)N2CCNCC2)s1. The minimum Gasteiger partial charge on any atom is -0.314 e. The summed E-state index contributed by atoms with van der Waals surface area (Å²) in [6.07, 6.45) is 3.78. The van der Waals surface area contributed by atoms with Crippen LogP contribution in [0.15, 0.2) is 36.7 Å². The van der Waals surface area contributed by atoms with E-state index >= 15 is 0 Å². The first-order valence-electron chi connectivity index (χ1n) is 6.44. The molecule has 0 saturated carbocycles. The van der Waals surface area contributed by atoms with Gasteiger partial charge in [-0.1, -0.05) is 17.7 Å². The van der Waals surface area contributed by atoms with Gasteiger partial charge in [0.15, 0.2) is 0 Å². The second-order valence-corrected chi connectivity index (χ2v) is 6.36. The van der Waals surface area contributed by atoms with E-state index in [1.807, 2.05) is 24.5 Å². The molecule has 0 aliphatic carbocycles. The fourth-order valence-corrected chi connectivity index (χ4v) is 3.73. The lowest BCUT2D eigenvalue weighted by molar-refractivity contribution is 0.200. The summed E-state index contributed by atoms with van der Waals surface area (Å²) >= 11 is 7.76. The number of pyridine rings is 1. The molecule has 1 aliphatic rings. The van der Waals surface area contributed by atoms with Crippen LogP contribution in [0, 0.1) is 0 Å². The van der Waals surface area contributed by atoms with Gasteiger partial charge in [-0.3, -0.25) is 9.88 Å². The fraction of sp³-hybridized carbons (Fsp3) is 0.357. The molecular weight excluding hydrogens is 278 g/mol. The van der Waals surface area contributed by atoms with Gasteiger partial charge < -0.3 is 5.32 Å². The highest BCUT2D eigenvalue weighted by molar-refractivity contribution is 7.16. The molecular formula is C14H16ClN3S. The highest BCUT2D eigenvalue weighted by Crippen LogP contribution is 2.34. The first-order valence-corrected chi connectivity index (χ1v) is 7.64.